The van der Waals surface area contributed by atoms with Crippen LogP contribution in [0.2, 0.25) is 0 Å². The van der Waals surface area contributed by atoms with Gasteiger partial charge in [-0.3, -0.25) is 9.59 Å². The van der Waals surface area contributed by atoms with E-state index in [1.165, 1.54) is 17.0 Å². The summed E-state index contributed by atoms with van der Waals surface area (Å²) in [5.41, 5.74) is 7.80. The van der Waals surface area contributed by atoms with E-state index >= 15 is 0 Å². The smallest absolute Gasteiger partial charge is 0.254 e. The molecule has 0 atom stereocenters. The van der Waals surface area contributed by atoms with Crippen LogP contribution in [-0.4, -0.2) is 29.8 Å². The molecule has 0 aliphatic heterocycles. The predicted octanol–water partition coefficient (Wildman–Crippen LogP) is 2.48. The number of carbonyl (C=O) groups excluding carboxylic acids is 2. The first-order chi connectivity index (χ1) is 12.0. The van der Waals surface area contributed by atoms with E-state index in [4.69, 9.17) is 5.73 Å². The van der Waals surface area contributed by atoms with Crippen LogP contribution in [0.15, 0.2) is 48.5 Å². The third kappa shape index (κ3) is 6.13. The summed E-state index contributed by atoms with van der Waals surface area (Å²) in [6, 6.07) is 12.9. The first-order valence-corrected chi connectivity index (χ1v) is 8.13. The molecule has 140 valence electrons. The molecule has 2 rings (SSSR count). The molecule has 2 aromatic rings. The number of carbonyl (C=O) groups is 2. The Morgan fingerprint density at radius 2 is 1.62 bits per heavy atom. The van der Waals surface area contributed by atoms with Crippen molar-refractivity contribution >= 4 is 24.2 Å². The topological polar surface area (TPSA) is 75.4 Å². The number of halogens is 2. The molecule has 0 heterocycles. The van der Waals surface area contributed by atoms with E-state index in [-0.39, 0.29) is 43.1 Å². The van der Waals surface area contributed by atoms with E-state index in [0.717, 1.165) is 11.1 Å². The Balaban J connectivity index is 0.00000338. The van der Waals surface area contributed by atoms with Crippen LogP contribution >= 0.6 is 12.4 Å². The molecule has 0 saturated carbocycles. The van der Waals surface area contributed by atoms with Gasteiger partial charge < -0.3 is 16.0 Å². The molecule has 0 aliphatic carbocycles. The number of benzene rings is 2. The zero-order valence-corrected chi connectivity index (χ0v) is 15.4. The third-order valence-electron chi connectivity index (χ3n) is 3.84. The summed E-state index contributed by atoms with van der Waals surface area (Å²) in [5, 5.41) is 2.74. The van der Waals surface area contributed by atoms with Crippen molar-refractivity contribution < 1.29 is 14.0 Å². The van der Waals surface area contributed by atoms with Crippen LogP contribution in [0.5, 0.6) is 0 Å². The van der Waals surface area contributed by atoms with Crippen molar-refractivity contribution in [1.82, 2.24) is 10.2 Å². The van der Waals surface area contributed by atoms with E-state index in [9.17, 15) is 14.0 Å². The maximum Gasteiger partial charge on any atom is 0.254 e. The SMILES string of the molecule is CCN(CC(=O)NCc1ccc(F)cc1)C(=O)c1ccc(CN)cc1.Cl. The zero-order chi connectivity index (χ0) is 18.2. The van der Waals surface area contributed by atoms with Crippen LogP contribution in [0, 0.1) is 5.82 Å². The number of nitrogens with zero attached hydrogens (tertiary/aromatic N) is 1. The minimum absolute atomic E-state index is 0. The summed E-state index contributed by atoms with van der Waals surface area (Å²) in [6.45, 7) is 2.91. The largest absolute Gasteiger partial charge is 0.350 e. The quantitative estimate of drug-likeness (QED) is 0.776. The Morgan fingerprint density at radius 3 is 2.15 bits per heavy atom. The Hall–Kier alpha value is -2.44. The van der Waals surface area contributed by atoms with Gasteiger partial charge >= 0.3 is 0 Å². The zero-order valence-electron chi connectivity index (χ0n) is 14.6. The Kier molecular flexibility index (Phi) is 8.75. The second-order valence-corrected chi connectivity index (χ2v) is 5.62. The number of likely N-dealkylation sites (N-methyl/N-ethyl adjacent to an activating group) is 1. The van der Waals surface area contributed by atoms with Gasteiger partial charge in [-0.1, -0.05) is 24.3 Å². The van der Waals surface area contributed by atoms with Crippen molar-refractivity contribution in [2.75, 3.05) is 13.1 Å². The average molecular weight is 380 g/mol. The number of hydrogen-bond donors (Lipinski definition) is 2. The fraction of sp³-hybridized carbons (Fsp3) is 0.263. The van der Waals surface area contributed by atoms with Crippen molar-refractivity contribution in [1.29, 1.82) is 0 Å². The fourth-order valence-corrected chi connectivity index (χ4v) is 2.33. The van der Waals surface area contributed by atoms with Crippen molar-refractivity contribution in [2.45, 2.75) is 20.0 Å². The number of hydrogen-bond acceptors (Lipinski definition) is 3. The Morgan fingerprint density at radius 1 is 1.04 bits per heavy atom. The van der Waals surface area contributed by atoms with Gasteiger partial charge in [-0.05, 0) is 42.3 Å². The van der Waals surface area contributed by atoms with Gasteiger partial charge in [0.05, 0.1) is 6.54 Å². The first-order valence-electron chi connectivity index (χ1n) is 8.13. The normalized spacial score (nSPS) is 9.96. The van der Waals surface area contributed by atoms with Crippen molar-refractivity contribution in [3.8, 4) is 0 Å². The predicted molar refractivity (Wildman–Crippen MR) is 101 cm³/mol. The molecule has 7 heteroatoms. The Bertz CT molecular complexity index is 721. The van der Waals surface area contributed by atoms with Gasteiger partial charge in [0.2, 0.25) is 5.91 Å². The monoisotopic (exact) mass is 379 g/mol. The lowest BCUT2D eigenvalue weighted by molar-refractivity contribution is -0.121. The molecular formula is C19H23ClFN3O2. The Labute approximate surface area is 158 Å². The molecular weight excluding hydrogens is 357 g/mol. The second kappa shape index (κ2) is 10.5. The highest BCUT2D eigenvalue weighted by Crippen LogP contribution is 2.08. The summed E-state index contributed by atoms with van der Waals surface area (Å²) in [5.74, 6) is -0.792. The van der Waals surface area contributed by atoms with Crippen LogP contribution in [0.4, 0.5) is 4.39 Å². The van der Waals surface area contributed by atoms with Gasteiger partial charge in [0, 0.05) is 25.2 Å². The van der Waals surface area contributed by atoms with Gasteiger partial charge in [0.15, 0.2) is 0 Å². The van der Waals surface area contributed by atoms with Crippen LogP contribution in [-0.2, 0) is 17.9 Å². The second-order valence-electron chi connectivity index (χ2n) is 5.62. The minimum Gasteiger partial charge on any atom is -0.350 e. The molecule has 2 amide bonds. The number of rotatable bonds is 7. The van der Waals surface area contributed by atoms with Gasteiger partial charge in [-0.2, -0.15) is 0 Å². The van der Waals surface area contributed by atoms with E-state index in [1.807, 2.05) is 6.92 Å². The van der Waals surface area contributed by atoms with Crippen molar-refractivity contribution in [3.05, 3.63) is 71.0 Å². The van der Waals surface area contributed by atoms with Crippen LogP contribution in [0.1, 0.15) is 28.4 Å². The molecule has 0 unspecified atom stereocenters. The molecule has 0 aliphatic rings. The van der Waals surface area contributed by atoms with E-state index in [0.29, 0.717) is 18.7 Å². The molecule has 0 radical (unpaired) electrons. The molecule has 3 N–H and O–H groups in total. The lowest BCUT2D eigenvalue weighted by Crippen LogP contribution is -2.40. The van der Waals surface area contributed by atoms with E-state index < -0.39 is 0 Å². The van der Waals surface area contributed by atoms with Crippen LogP contribution < -0.4 is 11.1 Å². The van der Waals surface area contributed by atoms with Crippen molar-refractivity contribution in [2.24, 2.45) is 5.73 Å². The highest BCUT2D eigenvalue weighted by molar-refractivity contribution is 5.96. The summed E-state index contributed by atoms with van der Waals surface area (Å²) in [6.07, 6.45) is 0. The maximum absolute atomic E-state index is 12.9. The number of amides is 2. The minimum atomic E-state index is -0.321. The first kappa shape index (κ1) is 21.6. The lowest BCUT2D eigenvalue weighted by Gasteiger charge is -2.20. The molecule has 0 bridgehead atoms. The molecule has 26 heavy (non-hydrogen) atoms. The average Bonchev–Trinajstić information content (AvgIpc) is 2.65. The molecule has 0 aromatic heterocycles. The third-order valence-corrected chi connectivity index (χ3v) is 3.84. The van der Waals surface area contributed by atoms with Gasteiger partial charge in [-0.15, -0.1) is 12.4 Å². The van der Waals surface area contributed by atoms with Crippen molar-refractivity contribution in [3.63, 3.8) is 0 Å². The number of nitrogens with two attached hydrogens (primary N) is 1. The standard InChI is InChI=1S/C19H22FN3O2.ClH/c1-2-23(19(25)16-7-3-14(11-21)4-8-16)13-18(24)22-12-15-5-9-17(20)10-6-15;/h3-10H,2,11-13,21H2,1H3,(H,22,24);1H. The molecule has 0 saturated heterocycles. The fourth-order valence-electron chi connectivity index (χ4n) is 2.33. The highest BCUT2D eigenvalue weighted by atomic mass is 35.5. The molecule has 0 spiro atoms. The molecule has 2 aromatic carbocycles. The summed E-state index contributed by atoms with van der Waals surface area (Å²) in [4.78, 5) is 26.1. The number of nitrogens with one attached hydrogen (secondary N) is 1. The summed E-state index contributed by atoms with van der Waals surface area (Å²) < 4.78 is 12.9. The molecule has 5 nitrogen and oxygen atoms in total. The van der Waals surface area contributed by atoms with E-state index in [2.05, 4.69) is 5.32 Å². The van der Waals surface area contributed by atoms with E-state index in [1.54, 1.807) is 36.4 Å². The lowest BCUT2D eigenvalue weighted by atomic mass is 10.1. The summed E-state index contributed by atoms with van der Waals surface area (Å²) >= 11 is 0. The summed E-state index contributed by atoms with van der Waals surface area (Å²) in [7, 11) is 0. The highest BCUT2D eigenvalue weighted by Gasteiger charge is 2.17. The van der Waals surface area contributed by atoms with Crippen LogP contribution in [0.3, 0.4) is 0 Å². The van der Waals surface area contributed by atoms with Gasteiger partial charge in [-0.25, -0.2) is 4.39 Å². The van der Waals surface area contributed by atoms with Gasteiger partial charge in [0.25, 0.3) is 5.91 Å². The van der Waals surface area contributed by atoms with Crippen LogP contribution in [0.25, 0.3) is 0 Å². The van der Waals surface area contributed by atoms with Gasteiger partial charge in [0.1, 0.15) is 5.82 Å². The maximum atomic E-state index is 12.9. The molecule has 0 fully saturated rings.